The van der Waals surface area contributed by atoms with E-state index < -0.39 is 0 Å². The molecule has 8 nitrogen and oxygen atoms in total. The lowest BCUT2D eigenvalue weighted by molar-refractivity contribution is -0.118. The van der Waals surface area contributed by atoms with E-state index in [1.807, 2.05) is 52.7 Å². The first-order valence-electron chi connectivity index (χ1n) is 10.2. The molecule has 0 aliphatic carbocycles. The smallest absolute Gasteiger partial charge is 0.237 e. The summed E-state index contributed by atoms with van der Waals surface area (Å²) in [6, 6.07) is 9.98. The number of nitrogens with zero attached hydrogens (tertiary/aromatic N) is 5. The van der Waals surface area contributed by atoms with Gasteiger partial charge >= 0.3 is 0 Å². The number of carbonyl (C=O) groups is 1. The predicted octanol–water partition coefficient (Wildman–Crippen LogP) is 2.53. The van der Waals surface area contributed by atoms with Gasteiger partial charge in [-0.15, -0.1) is 0 Å². The highest BCUT2D eigenvalue weighted by Crippen LogP contribution is 2.30. The Bertz CT molecular complexity index is 1220. The molecule has 5 rings (SSSR count). The van der Waals surface area contributed by atoms with E-state index >= 15 is 0 Å². The molecule has 1 saturated heterocycles. The number of aromatic nitrogens is 4. The van der Waals surface area contributed by atoms with Crippen LogP contribution in [0, 0.1) is 6.92 Å². The second kappa shape index (κ2) is 7.37. The van der Waals surface area contributed by atoms with Gasteiger partial charge in [0.1, 0.15) is 23.9 Å². The summed E-state index contributed by atoms with van der Waals surface area (Å²) in [7, 11) is 0. The number of rotatable bonds is 5. The van der Waals surface area contributed by atoms with Gasteiger partial charge in [-0.25, -0.2) is 9.50 Å². The molecule has 0 bridgehead atoms. The van der Waals surface area contributed by atoms with E-state index in [-0.39, 0.29) is 18.6 Å². The van der Waals surface area contributed by atoms with E-state index in [0.717, 1.165) is 59.6 Å². The molecule has 8 heteroatoms. The Morgan fingerprint density at radius 3 is 2.83 bits per heavy atom. The maximum atomic E-state index is 11.3. The Balaban J connectivity index is 1.31. The normalized spacial score (nSPS) is 15.2. The molecule has 2 N–H and O–H groups in total. The number of aryl methyl sites for hydroxylation is 1. The maximum Gasteiger partial charge on any atom is 0.237 e. The van der Waals surface area contributed by atoms with Crippen LogP contribution in [-0.2, 0) is 11.3 Å². The highest BCUT2D eigenvalue weighted by atomic mass is 16.5. The number of hydrogen-bond acceptors (Lipinski definition) is 5. The van der Waals surface area contributed by atoms with Crippen LogP contribution in [0.3, 0.4) is 0 Å². The second-order valence-electron chi connectivity index (χ2n) is 7.77. The van der Waals surface area contributed by atoms with Crippen LogP contribution in [0.5, 0.6) is 5.75 Å². The van der Waals surface area contributed by atoms with Crippen LogP contribution in [0.25, 0.3) is 16.4 Å². The molecule has 30 heavy (non-hydrogen) atoms. The lowest BCUT2D eigenvalue weighted by Crippen LogP contribution is -2.38. The molecule has 0 spiro atoms. The number of benzene rings is 1. The molecule has 0 atom stereocenters. The molecule has 154 valence electrons. The molecule has 1 aliphatic heterocycles. The van der Waals surface area contributed by atoms with Crippen LogP contribution >= 0.6 is 0 Å². The lowest BCUT2D eigenvalue weighted by Gasteiger charge is -2.33. The largest absolute Gasteiger partial charge is 0.490 e. The van der Waals surface area contributed by atoms with E-state index in [0.29, 0.717) is 0 Å². The van der Waals surface area contributed by atoms with Crippen molar-refractivity contribution in [3.63, 3.8) is 0 Å². The standard InChI is InChI=1S/C22H24N6O2/c1-15-13-19-22(24-8-12-28(19)25-15)26-9-5-16(6-10-26)30-20-4-2-3-18-17(20)7-11-27(18)14-21(23)29/h2-4,7-8,11-13,16H,5-6,9-10,14H2,1H3,(H2,23,29). The van der Waals surface area contributed by atoms with Crippen molar-refractivity contribution in [2.45, 2.75) is 32.4 Å². The minimum Gasteiger partial charge on any atom is -0.490 e. The first-order valence-corrected chi connectivity index (χ1v) is 10.2. The minimum absolute atomic E-state index is 0.137. The van der Waals surface area contributed by atoms with Gasteiger partial charge < -0.3 is 19.9 Å². The zero-order valence-electron chi connectivity index (χ0n) is 16.9. The van der Waals surface area contributed by atoms with Crippen molar-refractivity contribution < 1.29 is 9.53 Å². The van der Waals surface area contributed by atoms with Crippen molar-refractivity contribution in [3.8, 4) is 5.75 Å². The van der Waals surface area contributed by atoms with Crippen LogP contribution in [0.2, 0.25) is 0 Å². The van der Waals surface area contributed by atoms with Crippen molar-refractivity contribution in [3.05, 3.63) is 54.6 Å². The summed E-state index contributed by atoms with van der Waals surface area (Å²) in [5, 5.41) is 5.48. The first kappa shape index (κ1) is 18.5. The highest BCUT2D eigenvalue weighted by molar-refractivity contribution is 5.88. The number of primary amides is 1. The minimum atomic E-state index is -0.358. The first-order chi connectivity index (χ1) is 14.6. The fourth-order valence-electron chi connectivity index (χ4n) is 4.24. The zero-order valence-corrected chi connectivity index (χ0v) is 16.9. The number of nitrogens with two attached hydrogens (primary N) is 1. The van der Waals surface area contributed by atoms with Gasteiger partial charge in [0.25, 0.3) is 0 Å². The molecule has 0 saturated carbocycles. The van der Waals surface area contributed by atoms with Crippen molar-refractivity contribution in [2.24, 2.45) is 5.73 Å². The van der Waals surface area contributed by atoms with Gasteiger partial charge in [0.15, 0.2) is 5.82 Å². The number of hydrogen-bond donors (Lipinski definition) is 1. The molecular weight excluding hydrogens is 380 g/mol. The Morgan fingerprint density at radius 2 is 2.03 bits per heavy atom. The maximum absolute atomic E-state index is 11.3. The summed E-state index contributed by atoms with van der Waals surface area (Å²) in [4.78, 5) is 18.2. The van der Waals surface area contributed by atoms with E-state index in [2.05, 4.69) is 21.0 Å². The molecule has 1 aromatic carbocycles. The fourth-order valence-corrected chi connectivity index (χ4v) is 4.24. The van der Waals surface area contributed by atoms with Crippen LogP contribution in [0.15, 0.2) is 48.9 Å². The summed E-state index contributed by atoms with van der Waals surface area (Å²) in [5.74, 6) is 1.46. The lowest BCUT2D eigenvalue weighted by atomic mass is 10.1. The van der Waals surface area contributed by atoms with E-state index in [9.17, 15) is 4.79 Å². The number of amides is 1. The molecule has 4 heterocycles. The zero-order chi connectivity index (χ0) is 20.7. The summed E-state index contributed by atoms with van der Waals surface area (Å²) >= 11 is 0. The van der Waals surface area contributed by atoms with Gasteiger partial charge in [0.2, 0.25) is 5.91 Å². The molecule has 0 unspecified atom stereocenters. The third-order valence-electron chi connectivity index (χ3n) is 5.63. The Hall–Kier alpha value is -3.55. The second-order valence-corrected chi connectivity index (χ2v) is 7.77. The molecule has 1 fully saturated rings. The molecule has 0 radical (unpaired) electrons. The predicted molar refractivity (Wildman–Crippen MR) is 115 cm³/mol. The number of carbonyl (C=O) groups excluding carboxylic acids is 1. The quantitative estimate of drug-likeness (QED) is 0.552. The third-order valence-corrected chi connectivity index (χ3v) is 5.63. The Labute approximate surface area is 173 Å². The highest BCUT2D eigenvalue weighted by Gasteiger charge is 2.24. The average molecular weight is 404 g/mol. The van der Waals surface area contributed by atoms with Gasteiger partial charge in [-0.1, -0.05) is 6.07 Å². The topological polar surface area (TPSA) is 90.7 Å². The van der Waals surface area contributed by atoms with Gasteiger partial charge in [0, 0.05) is 49.9 Å². The van der Waals surface area contributed by atoms with Crippen LogP contribution in [0.4, 0.5) is 5.82 Å². The van der Waals surface area contributed by atoms with Crippen LogP contribution < -0.4 is 15.4 Å². The summed E-state index contributed by atoms with van der Waals surface area (Å²) in [5.41, 5.74) is 8.33. The molecule has 3 aromatic heterocycles. The van der Waals surface area contributed by atoms with E-state index in [4.69, 9.17) is 10.5 Å². The van der Waals surface area contributed by atoms with Gasteiger partial charge in [-0.3, -0.25) is 4.79 Å². The monoisotopic (exact) mass is 404 g/mol. The molecular formula is C22H24N6O2. The van der Waals surface area contributed by atoms with Crippen molar-refractivity contribution >= 4 is 28.1 Å². The van der Waals surface area contributed by atoms with Crippen LogP contribution in [0.1, 0.15) is 18.5 Å². The number of ether oxygens (including phenoxy) is 1. The SMILES string of the molecule is Cc1cc2c(N3CCC(Oc4cccc5c4ccn5CC(N)=O)CC3)nccn2n1. The fraction of sp³-hybridized carbons (Fsp3) is 0.318. The summed E-state index contributed by atoms with van der Waals surface area (Å²) in [6.45, 7) is 3.91. The number of anilines is 1. The molecule has 1 amide bonds. The van der Waals surface area contributed by atoms with Gasteiger partial charge in [-0.05, 0) is 31.2 Å². The van der Waals surface area contributed by atoms with Crippen molar-refractivity contribution in [1.82, 2.24) is 19.2 Å². The summed E-state index contributed by atoms with van der Waals surface area (Å²) in [6.07, 6.45) is 7.52. The van der Waals surface area contributed by atoms with E-state index in [1.165, 1.54) is 0 Å². The van der Waals surface area contributed by atoms with Crippen LogP contribution in [-0.4, -0.2) is 44.3 Å². The third kappa shape index (κ3) is 3.34. The molecule has 4 aromatic rings. The number of fused-ring (bicyclic) bond motifs is 2. The Morgan fingerprint density at radius 1 is 1.20 bits per heavy atom. The average Bonchev–Trinajstić information content (AvgIpc) is 3.31. The van der Waals surface area contributed by atoms with Gasteiger partial charge in [0.05, 0.1) is 11.2 Å². The molecule has 1 aliphatic rings. The van der Waals surface area contributed by atoms with Gasteiger partial charge in [-0.2, -0.15) is 5.10 Å². The summed E-state index contributed by atoms with van der Waals surface area (Å²) < 4.78 is 10.1. The number of piperidine rings is 1. The van der Waals surface area contributed by atoms with E-state index in [1.54, 1.807) is 6.20 Å². The van der Waals surface area contributed by atoms with Crippen molar-refractivity contribution in [1.29, 1.82) is 0 Å². The van der Waals surface area contributed by atoms with Crippen molar-refractivity contribution in [2.75, 3.05) is 18.0 Å². The Kier molecular flexibility index (Phi) is 4.54.